The maximum absolute atomic E-state index is 9.06. The van der Waals surface area contributed by atoms with E-state index in [2.05, 4.69) is 26.3 Å². The highest BCUT2D eigenvalue weighted by atomic mass is 31.2. The molecule has 0 aliphatic carbocycles. The minimum Gasteiger partial charge on any atom is -0.388 e. The summed E-state index contributed by atoms with van der Waals surface area (Å²) in [6.45, 7) is 1.92. The summed E-state index contributed by atoms with van der Waals surface area (Å²) in [4.78, 5) is 29.3. The zero-order chi connectivity index (χ0) is 16.2. The Morgan fingerprint density at radius 1 is 1.26 bits per heavy atom. The molecule has 0 bridgehead atoms. The predicted molar refractivity (Wildman–Crippen MR) is 94.9 cm³/mol. The molecule has 2 aromatic rings. The van der Waals surface area contributed by atoms with Crippen LogP contribution in [-0.4, -0.2) is 46.1 Å². The Morgan fingerprint density at radius 3 is 2.74 bits per heavy atom. The van der Waals surface area contributed by atoms with Gasteiger partial charge in [0.05, 0.1) is 5.52 Å². The third-order valence-electron chi connectivity index (χ3n) is 4.56. The van der Waals surface area contributed by atoms with E-state index in [0.29, 0.717) is 12.1 Å². The lowest BCUT2D eigenvalue weighted by Gasteiger charge is -2.33. The van der Waals surface area contributed by atoms with Crippen LogP contribution in [0.5, 0.6) is 0 Å². The lowest BCUT2D eigenvalue weighted by molar-refractivity contribution is 0.386. The molecule has 0 atom stereocenters. The normalized spacial score (nSPS) is 16.3. The first kappa shape index (κ1) is 16.4. The SMILES string of the molecule is CNc1ccc2c(N3CCC(CCP(O)O)CC3)ncnc2c1. The van der Waals surface area contributed by atoms with Gasteiger partial charge in [-0.3, -0.25) is 0 Å². The van der Waals surface area contributed by atoms with Crippen LogP contribution in [0.3, 0.4) is 0 Å². The first-order valence-corrected chi connectivity index (χ1v) is 9.43. The third-order valence-corrected chi connectivity index (χ3v) is 5.21. The van der Waals surface area contributed by atoms with Crippen molar-refractivity contribution in [3.63, 3.8) is 0 Å². The van der Waals surface area contributed by atoms with E-state index in [1.54, 1.807) is 6.33 Å². The first-order chi connectivity index (χ1) is 11.2. The maximum atomic E-state index is 9.06. The molecule has 6 nitrogen and oxygen atoms in total. The Hall–Kier alpha value is -1.49. The minimum atomic E-state index is -1.75. The summed E-state index contributed by atoms with van der Waals surface area (Å²) in [7, 11) is 0.153. The average molecular weight is 334 g/mol. The zero-order valence-corrected chi connectivity index (χ0v) is 14.2. The molecule has 1 aromatic heterocycles. The van der Waals surface area contributed by atoms with Crippen molar-refractivity contribution in [3.8, 4) is 0 Å². The Balaban J connectivity index is 1.72. The van der Waals surface area contributed by atoms with E-state index in [4.69, 9.17) is 9.79 Å². The lowest BCUT2D eigenvalue weighted by atomic mass is 9.94. The van der Waals surface area contributed by atoms with Crippen LogP contribution in [0, 0.1) is 5.92 Å². The van der Waals surface area contributed by atoms with Crippen LogP contribution in [0.4, 0.5) is 11.5 Å². The van der Waals surface area contributed by atoms with Gasteiger partial charge in [-0.2, -0.15) is 0 Å². The largest absolute Gasteiger partial charge is 0.388 e. The van der Waals surface area contributed by atoms with Crippen LogP contribution >= 0.6 is 8.38 Å². The van der Waals surface area contributed by atoms with Gasteiger partial charge in [0.15, 0.2) is 8.38 Å². The quantitative estimate of drug-likeness (QED) is 0.729. The lowest BCUT2D eigenvalue weighted by Crippen LogP contribution is -2.34. The van der Waals surface area contributed by atoms with Crippen molar-refractivity contribution in [3.05, 3.63) is 24.5 Å². The van der Waals surface area contributed by atoms with Crippen molar-refractivity contribution in [2.45, 2.75) is 19.3 Å². The number of hydrogen-bond donors (Lipinski definition) is 3. The molecule has 0 spiro atoms. The molecule has 0 amide bonds. The molecule has 1 fully saturated rings. The van der Waals surface area contributed by atoms with Crippen molar-refractivity contribution >= 4 is 30.8 Å². The van der Waals surface area contributed by atoms with Gasteiger partial charge in [0.25, 0.3) is 0 Å². The molecule has 3 rings (SSSR count). The van der Waals surface area contributed by atoms with Crippen LogP contribution in [0.15, 0.2) is 24.5 Å². The summed E-state index contributed by atoms with van der Waals surface area (Å²) in [6.07, 6.45) is 5.21. The van der Waals surface area contributed by atoms with Gasteiger partial charge in [-0.15, -0.1) is 0 Å². The fourth-order valence-electron chi connectivity index (χ4n) is 3.18. The van der Waals surface area contributed by atoms with Gasteiger partial charge in [-0.05, 0) is 43.4 Å². The van der Waals surface area contributed by atoms with Crippen molar-refractivity contribution < 1.29 is 9.79 Å². The molecule has 0 saturated carbocycles. The number of nitrogens with zero attached hydrogens (tertiary/aromatic N) is 3. The van der Waals surface area contributed by atoms with Gasteiger partial charge in [0.2, 0.25) is 0 Å². The van der Waals surface area contributed by atoms with E-state index in [1.807, 2.05) is 19.2 Å². The molecule has 1 saturated heterocycles. The fourth-order valence-corrected chi connectivity index (χ4v) is 3.78. The Bertz CT molecular complexity index is 660. The molecule has 0 unspecified atom stereocenters. The number of nitrogens with one attached hydrogen (secondary N) is 1. The number of piperidine rings is 1. The summed E-state index contributed by atoms with van der Waals surface area (Å²) >= 11 is 0. The highest BCUT2D eigenvalue weighted by Crippen LogP contribution is 2.32. The van der Waals surface area contributed by atoms with Gasteiger partial charge < -0.3 is 20.0 Å². The van der Waals surface area contributed by atoms with Crippen LogP contribution in [0.25, 0.3) is 10.9 Å². The number of benzene rings is 1. The van der Waals surface area contributed by atoms with Gasteiger partial charge in [-0.25, -0.2) is 9.97 Å². The molecular weight excluding hydrogens is 311 g/mol. The van der Waals surface area contributed by atoms with Crippen LogP contribution in [0.2, 0.25) is 0 Å². The van der Waals surface area contributed by atoms with Crippen molar-refractivity contribution in [2.75, 3.05) is 36.5 Å². The van der Waals surface area contributed by atoms with Gasteiger partial charge in [0, 0.05) is 37.4 Å². The molecule has 1 aromatic carbocycles. The van der Waals surface area contributed by atoms with Crippen LogP contribution in [-0.2, 0) is 0 Å². The summed E-state index contributed by atoms with van der Waals surface area (Å²) in [5.74, 6) is 1.59. The molecule has 1 aliphatic rings. The van der Waals surface area contributed by atoms with Gasteiger partial charge >= 0.3 is 0 Å². The molecule has 0 radical (unpaired) electrons. The standard InChI is InChI=1S/C16H23N4O2P/c1-17-13-2-3-14-15(10-13)18-11-19-16(14)20-7-4-12(5-8-20)6-9-23(21)22/h2-3,10-12,17,21-22H,4-9H2,1H3. The van der Waals surface area contributed by atoms with E-state index in [-0.39, 0.29) is 0 Å². The number of fused-ring (bicyclic) bond motifs is 1. The van der Waals surface area contributed by atoms with Crippen LogP contribution < -0.4 is 10.2 Å². The molecule has 1 aliphatic heterocycles. The predicted octanol–water partition coefficient (Wildman–Crippen LogP) is 2.57. The summed E-state index contributed by atoms with van der Waals surface area (Å²) in [5.41, 5.74) is 2.00. The molecule has 3 N–H and O–H groups in total. The topological polar surface area (TPSA) is 81.5 Å². The number of aromatic nitrogens is 2. The molecule has 23 heavy (non-hydrogen) atoms. The average Bonchev–Trinajstić information content (AvgIpc) is 2.59. The molecular formula is C16H23N4O2P. The second-order valence-electron chi connectivity index (χ2n) is 5.99. The number of rotatable bonds is 5. The first-order valence-electron chi connectivity index (χ1n) is 8.00. The number of hydrogen-bond acceptors (Lipinski definition) is 6. The molecule has 2 heterocycles. The summed E-state index contributed by atoms with van der Waals surface area (Å²) < 4.78 is 0. The second kappa shape index (κ2) is 7.39. The smallest absolute Gasteiger partial charge is 0.164 e. The van der Waals surface area contributed by atoms with Crippen molar-refractivity contribution in [1.82, 2.24) is 9.97 Å². The molecule has 7 heteroatoms. The second-order valence-corrected chi connectivity index (χ2v) is 7.19. The van der Waals surface area contributed by atoms with E-state index < -0.39 is 8.38 Å². The highest BCUT2D eigenvalue weighted by Gasteiger charge is 2.22. The monoisotopic (exact) mass is 334 g/mol. The highest BCUT2D eigenvalue weighted by molar-refractivity contribution is 7.45. The summed E-state index contributed by atoms with van der Waals surface area (Å²) in [5, 5.41) is 4.22. The minimum absolute atomic E-state index is 0.531. The number of anilines is 2. The van der Waals surface area contributed by atoms with E-state index in [9.17, 15) is 0 Å². The van der Waals surface area contributed by atoms with E-state index >= 15 is 0 Å². The Kier molecular flexibility index (Phi) is 5.26. The van der Waals surface area contributed by atoms with E-state index in [0.717, 1.165) is 54.8 Å². The van der Waals surface area contributed by atoms with Gasteiger partial charge in [-0.1, -0.05) is 0 Å². The van der Waals surface area contributed by atoms with Crippen LogP contribution in [0.1, 0.15) is 19.3 Å². The van der Waals surface area contributed by atoms with Gasteiger partial charge in [0.1, 0.15) is 12.1 Å². The Labute approximate surface area is 137 Å². The van der Waals surface area contributed by atoms with Crippen molar-refractivity contribution in [2.24, 2.45) is 5.92 Å². The molecule has 124 valence electrons. The third kappa shape index (κ3) is 3.89. The fraction of sp³-hybridized carbons (Fsp3) is 0.500. The summed E-state index contributed by atoms with van der Waals surface area (Å²) in [6, 6.07) is 6.16. The van der Waals surface area contributed by atoms with Crippen molar-refractivity contribution in [1.29, 1.82) is 0 Å². The zero-order valence-electron chi connectivity index (χ0n) is 13.3. The maximum Gasteiger partial charge on any atom is 0.164 e. The van der Waals surface area contributed by atoms with E-state index in [1.165, 1.54) is 0 Å². The Morgan fingerprint density at radius 2 is 2.04 bits per heavy atom.